The van der Waals surface area contributed by atoms with Gasteiger partial charge in [0.2, 0.25) is 5.91 Å². The van der Waals surface area contributed by atoms with Gasteiger partial charge in [-0.1, -0.05) is 0 Å². The number of carbonyl (C=O) groups is 1. The van der Waals surface area contributed by atoms with Gasteiger partial charge in [0.25, 0.3) is 0 Å². The lowest BCUT2D eigenvalue weighted by atomic mass is 10.2. The molecule has 0 unspecified atom stereocenters. The molecule has 1 aliphatic heterocycles. The Morgan fingerprint density at radius 1 is 1.32 bits per heavy atom. The molecular formula is C17H20N6OS. The van der Waals surface area contributed by atoms with E-state index in [1.165, 1.54) is 16.9 Å². The second-order valence-corrected chi connectivity index (χ2v) is 6.92. The van der Waals surface area contributed by atoms with E-state index in [1.807, 2.05) is 24.0 Å². The second-order valence-electron chi connectivity index (χ2n) is 6.06. The molecule has 7 nitrogen and oxygen atoms in total. The summed E-state index contributed by atoms with van der Waals surface area (Å²) in [6.07, 6.45) is 0. The lowest BCUT2D eigenvalue weighted by Gasteiger charge is -2.34. The zero-order valence-electron chi connectivity index (χ0n) is 14.3. The molecule has 2 aromatic heterocycles. The minimum absolute atomic E-state index is 0.145. The number of amides is 1. The molecule has 3 rings (SSSR count). The number of carbonyl (C=O) groups excluding carboxylic acids is 1. The van der Waals surface area contributed by atoms with E-state index in [4.69, 9.17) is 5.26 Å². The summed E-state index contributed by atoms with van der Waals surface area (Å²) >= 11 is 1.39. The summed E-state index contributed by atoms with van der Waals surface area (Å²) in [5.74, 6) is 0.877. The molecule has 2 aromatic rings. The van der Waals surface area contributed by atoms with Gasteiger partial charge < -0.3 is 10.2 Å². The number of nitrogens with zero attached hydrogens (tertiary/aromatic N) is 5. The third-order valence-electron chi connectivity index (χ3n) is 4.09. The molecule has 0 aromatic carbocycles. The van der Waals surface area contributed by atoms with Crippen molar-refractivity contribution in [2.24, 2.45) is 0 Å². The number of nitrogens with one attached hydrogen (secondary N) is 1. The molecule has 0 atom stereocenters. The maximum Gasteiger partial charge on any atom is 0.219 e. The average Bonchev–Trinajstić information content (AvgIpc) is 3.02. The van der Waals surface area contributed by atoms with E-state index >= 15 is 0 Å². The van der Waals surface area contributed by atoms with Crippen molar-refractivity contribution in [3.05, 3.63) is 34.5 Å². The fraction of sp³-hybridized carbons (Fsp3) is 0.412. The van der Waals surface area contributed by atoms with Crippen LogP contribution in [0.15, 0.2) is 17.5 Å². The summed E-state index contributed by atoms with van der Waals surface area (Å²) in [5.41, 5.74) is 2.51. The lowest BCUT2D eigenvalue weighted by Crippen LogP contribution is -2.47. The summed E-state index contributed by atoms with van der Waals surface area (Å²) in [5, 5.41) is 14.4. The molecule has 1 N–H and O–H groups in total. The first-order chi connectivity index (χ1) is 12.0. The quantitative estimate of drug-likeness (QED) is 0.903. The highest BCUT2D eigenvalue weighted by Crippen LogP contribution is 2.21. The minimum Gasteiger partial charge on any atom is -0.340 e. The summed E-state index contributed by atoms with van der Waals surface area (Å²) in [7, 11) is 0. The molecule has 25 heavy (non-hydrogen) atoms. The Bertz CT molecular complexity index is 804. The molecule has 0 spiro atoms. The van der Waals surface area contributed by atoms with Gasteiger partial charge in [-0.2, -0.15) is 5.26 Å². The van der Waals surface area contributed by atoms with Crippen LogP contribution >= 0.6 is 11.3 Å². The molecule has 8 heteroatoms. The van der Waals surface area contributed by atoms with Crippen molar-refractivity contribution in [1.29, 1.82) is 5.26 Å². The van der Waals surface area contributed by atoms with Crippen molar-refractivity contribution in [3.63, 3.8) is 0 Å². The van der Waals surface area contributed by atoms with E-state index in [9.17, 15) is 4.79 Å². The van der Waals surface area contributed by atoms with E-state index in [2.05, 4.69) is 26.3 Å². The molecule has 0 saturated carbocycles. The number of pyridine rings is 1. The zero-order chi connectivity index (χ0) is 17.8. The second kappa shape index (κ2) is 7.59. The predicted molar refractivity (Wildman–Crippen MR) is 96.6 cm³/mol. The number of hydrogen-bond donors (Lipinski definition) is 1. The van der Waals surface area contributed by atoms with E-state index in [-0.39, 0.29) is 5.91 Å². The highest BCUT2D eigenvalue weighted by molar-refractivity contribution is 7.13. The highest BCUT2D eigenvalue weighted by atomic mass is 32.1. The van der Waals surface area contributed by atoms with E-state index in [0.717, 1.165) is 44.2 Å². The van der Waals surface area contributed by atoms with Gasteiger partial charge >= 0.3 is 0 Å². The average molecular weight is 356 g/mol. The Balaban J connectivity index is 1.65. The number of aromatic nitrogens is 2. The molecule has 3 heterocycles. The van der Waals surface area contributed by atoms with Crippen LogP contribution in [-0.4, -0.2) is 51.9 Å². The van der Waals surface area contributed by atoms with Gasteiger partial charge in [0.05, 0.1) is 0 Å². The van der Waals surface area contributed by atoms with Gasteiger partial charge in [-0.15, -0.1) is 11.3 Å². The van der Waals surface area contributed by atoms with Gasteiger partial charge in [0.1, 0.15) is 11.9 Å². The van der Waals surface area contributed by atoms with Crippen LogP contribution in [0.3, 0.4) is 0 Å². The number of aryl methyl sites for hydroxylation is 1. The first kappa shape index (κ1) is 17.3. The predicted octanol–water partition coefficient (Wildman–Crippen LogP) is 2.13. The smallest absolute Gasteiger partial charge is 0.219 e. The first-order valence-corrected chi connectivity index (χ1v) is 8.99. The fourth-order valence-electron chi connectivity index (χ4n) is 2.87. The van der Waals surface area contributed by atoms with Crippen LogP contribution in [0.25, 0.3) is 0 Å². The van der Waals surface area contributed by atoms with Crippen LogP contribution in [0.5, 0.6) is 0 Å². The van der Waals surface area contributed by atoms with Crippen molar-refractivity contribution >= 4 is 28.2 Å². The number of nitriles is 1. The van der Waals surface area contributed by atoms with Crippen molar-refractivity contribution in [2.45, 2.75) is 20.4 Å². The van der Waals surface area contributed by atoms with Crippen LogP contribution in [0.1, 0.15) is 23.9 Å². The molecule has 1 fully saturated rings. The highest BCUT2D eigenvalue weighted by Gasteiger charge is 2.18. The maximum atomic E-state index is 11.4. The third-order valence-corrected chi connectivity index (χ3v) is 4.85. The number of rotatable bonds is 4. The van der Waals surface area contributed by atoms with E-state index < -0.39 is 0 Å². The Kier molecular flexibility index (Phi) is 5.26. The maximum absolute atomic E-state index is 11.4. The van der Waals surface area contributed by atoms with Crippen LogP contribution in [0, 0.1) is 18.3 Å². The van der Waals surface area contributed by atoms with Crippen LogP contribution in [0.2, 0.25) is 0 Å². The van der Waals surface area contributed by atoms with Crippen molar-refractivity contribution in [1.82, 2.24) is 19.8 Å². The largest absolute Gasteiger partial charge is 0.340 e. The molecule has 1 amide bonds. The molecule has 0 radical (unpaired) electrons. The Morgan fingerprint density at radius 2 is 2.08 bits per heavy atom. The summed E-state index contributed by atoms with van der Waals surface area (Å²) < 4.78 is 0. The molecule has 1 saturated heterocycles. The molecule has 130 valence electrons. The van der Waals surface area contributed by atoms with Crippen molar-refractivity contribution in [3.8, 4) is 6.07 Å². The Morgan fingerprint density at radius 3 is 2.72 bits per heavy atom. The normalized spacial score (nSPS) is 15.0. The van der Waals surface area contributed by atoms with Gasteiger partial charge in [0.15, 0.2) is 10.8 Å². The van der Waals surface area contributed by atoms with Crippen LogP contribution < -0.4 is 5.32 Å². The summed E-state index contributed by atoms with van der Waals surface area (Å²) in [6.45, 7) is 7.72. The zero-order valence-corrected chi connectivity index (χ0v) is 15.1. The van der Waals surface area contributed by atoms with Crippen molar-refractivity contribution < 1.29 is 4.79 Å². The summed E-state index contributed by atoms with van der Waals surface area (Å²) in [4.78, 5) is 24.3. The number of piperazine rings is 1. The van der Waals surface area contributed by atoms with Crippen molar-refractivity contribution in [2.75, 3.05) is 31.5 Å². The summed E-state index contributed by atoms with van der Waals surface area (Å²) in [6, 6.07) is 6.11. The lowest BCUT2D eigenvalue weighted by molar-refractivity contribution is -0.130. The molecule has 0 aliphatic carbocycles. The molecule has 1 aliphatic rings. The van der Waals surface area contributed by atoms with Crippen LogP contribution in [0.4, 0.5) is 10.9 Å². The third kappa shape index (κ3) is 4.53. The number of anilines is 2. The monoisotopic (exact) mass is 356 g/mol. The fourth-order valence-corrected chi connectivity index (χ4v) is 3.51. The van der Waals surface area contributed by atoms with Gasteiger partial charge in [0, 0.05) is 50.7 Å². The van der Waals surface area contributed by atoms with E-state index in [1.54, 1.807) is 12.3 Å². The standard InChI is InChI=1S/C17H20N6OS/c1-12-7-14(10-22-3-5-23(6-4-22)13(2)24)8-16(19-12)21-17-20-15(9-18)11-25-17/h7-8,11H,3-6,10H2,1-2H3,(H,19,20,21). The number of thiazole rings is 1. The van der Waals surface area contributed by atoms with E-state index in [0.29, 0.717) is 10.8 Å². The minimum atomic E-state index is 0.145. The van der Waals surface area contributed by atoms with Gasteiger partial charge in [-0.3, -0.25) is 9.69 Å². The molecule has 0 bridgehead atoms. The topological polar surface area (TPSA) is 85.2 Å². The van der Waals surface area contributed by atoms with Gasteiger partial charge in [-0.05, 0) is 24.6 Å². The Labute approximate surface area is 150 Å². The Hall–Kier alpha value is -2.50. The molecular weight excluding hydrogens is 336 g/mol. The first-order valence-electron chi connectivity index (χ1n) is 8.11. The van der Waals surface area contributed by atoms with Crippen LogP contribution in [-0.2, 0) is 11.3 Å². The SMILES string of the molecule is CC(=O)N1CCN(Cc2cc(C)nc(Nc3nc(C#N)cs3)c2)CC1. The number of hydrogen-bond acceptors (Lipinski definition) is 7. The van der Waals surface area contributed by atoms with Gasteiger partial charge in [-0.25, -0.2) is 9.97 Å².